The molecule has 2 aromatic carbocycles. The van der Waals surface area contributed by atoms with Gasteiger partial charge in [-0.2, -0.15) is 10.4 Å². The number of benzene rings is 2. The van der Waals surface area contributed by atoms with Gasteiger partial charge in [0.15, 0.2) is 0 Å². The van der Waals surface area contributed by atoms with E-state index in [0.717, 1.165) is 18.4 Å². The molecule has 0 radical (unpaired) electrons. The molecule has 9 nitrogen and oxygen atoms in total. The topological polar surface area (TPSA) is 129 Å². The fraction of sp³-hybridized carbons (Fsp3) is 0.296. The molecule has 0 bridgehead atoms. The van der Waals surface area contributed by atoms with Gasteiger partial charge in [-0.1, -0.05) is 24.3 Å². The van der Waals surface area contributed by atoms with Gasteiger partial charge in [0, 0.05) is 29.4 Å². The fourth-order valence-electron chi connectivity index (χ4n) is 4.31. The number of nitriles is 1. The molecule has 0 spiro atoms. The number of nitrogens with zero attached hydrogens (tertiary/aromatic N) is 3. The molecule has 0 saturated heterocycles. The molecule has 2 fully saturated rings. The summed E-state index contributed by atoms with van der Waals surface area (Å²) >= 11 is 0. The van der Waals surface area contributed by atoms with Crippen molar-refractivity contribution < 1.29 is 18.8 Å². The minimum atomic E-state index is -0.921. The molecular weight excluding hydrogens is 475 g/mol. The van der Waals surface area contributed by atoms with Crippen molar-refractivity contribution in [2.24, 2.45) is 0 Å². The number of carbonyl (C=O) groups excluding carboxylic acids is 3. The van der Waals surface area contributed by atoms with Gasteiger partial charge in [-0.15, -0.1) is 0 Å². The normalized spacial score (nSPS) is 15.4. The van der Waals surface area contributed by atoms with Crippen LogP contribution in [0.2, 0.25) is 0 Å². The molecule has 37 heavy (non-hydrogen) atoms. The summed E-state index contributed by atoms with van der Waals surface area (Å²) in [5, 5.41) is 20.6. The molecule has 0 aliphatic heterocycles. The minimum absolute atomic E-state index is 0.0406. The second-order valence-corrected chi connectivity index (χ2v) is 9.35. The highest BCUT2D eigenvalue weighted by Crippen LogP contribution is 2.47. The molecule has 1 heterocycles. The van der Waals surface area contributed by atoms with E-state index in [0.29, 0.717) is 41.1 Å². The van der Waals surface area contributed by atoms with E-state index >= 15 is 0 Å². The first kappa shape index (κ1) is 24.2. The standard InChI is InChI=1S/C27H25FN6O3/c28-23-8-5-19(13-22(23)18-15-32-34(16-18)20-6-7-20)27(9-10-27)33-24(35)21-4-2-1-3-17(21)14-31-26(37)25(36)30-12-11-29/h1-5,8,13,15-16,20H,6-7,9-10,12,14H2,(H,30,36)(H,31,37)(H,33,35). The molecular formula is C27H25FN6O3. The van der Waals surface area contributed by atoms with Crippen LogP contribution in [-0.4, -0.2) is 34.0 Å². The van der Waals surface area contributed by atoms with Crippen molar-refractivity contribution in [1.29, 1.82) is 5.26 Å². The smallest absolute Gasteiger partial charge is 0.310 e. The van der Waals surface area contributed by atoms with Gasteiger partial charge in [0.2, 0.25) is 0 Å². The van der Waals surface area contributed by atoms with Gasteiger partial charge >= 0.3 is 11.8 Å². The maximum atomic E-state index is 14.7. The van der Waals surface area contributed by atoms with Crippen LogP contribution in [0, 0.1) is 17.1 Å². The van der Waals surface area contributed by atoms with Crippen molar-refractivity contribution in [2.75, 3.05) is 6.54 Å². The third kappa shape index (κ3) is 5.21. The number of amides is 3. The predicted molar refractivity (Wildman–Crippen MR) is 131 cm³/mol. The summed E-state index contributed by atoms with van der Waals surface area (Å²) in [5.74, 6) is -2.49. The summed E-state index contributed by atoms with van der Waals surface area (Å²) in [4.78, 5) is 37.0. The number of nitrogens with one attached hydrogen (secondary N) is 3. The number of carbonyl (C=O) groups is 3. The number of halogens is 1. The lowest BCUT2D eigenvalue weighted by Crippen LogP contribution is -2.40. The van der Waals surface area contributed by atoms with Crippen molar-refractivity contribution in [2.45, 2.75) is 43.8 Å². The number of rotatable bonds is 8. The number of aromatic nitrogens is 2. The van der Waals surface area contributed by atoms with E-state index in [9.17, 15) is 18.8 Å². The molecule has 5 rings (SSSR count). The summed E-state index contributed by atoms with van der Waals surface area (Å²) in [6.45, 7) is -0.317. The summed E-state index contributed by atoms with van der Waals surface area (Å²) < 4.78 is 16.6. The Hall–Kier alpha value is -4.52. The summed E-state index contributed by atoms with van der Waals surface area (Å²) in [6, 6.07) is 13.8. The van der Waals surface area contributed by atoms with Gasteiger partial charge in [-0.25, -0.2) is 4.39 Å². The lowest BCUT2D eigenvalue weighted by molar-refractivity contribution is -0.139. The zero-order chi connectivity index (χ0) is 26.0. The highest BCUT2D eigenvalue weighted by atomic mass is 19.1. The lowest BCUT2D eigenvalue weighted by atomic mass is 9.98. The molecule has 3 amide bonds. The van der Waals surface area contributed by atoms with E-state index in [1.165, 1.54) is 6.07 Å². The van der Waals surface area contributed by atoms with Crippen LogP contribution >= 0.6 is 0 Å². The van der Waals surface area contributed by atoms with Crippen molar-refractivity contribution >= 4 is 17.7 Å². The van der Waals surface area contributed by atoms with E-state index in [4.69, 9.17) is 5.26 Å². The van der Waals surface area contributed by atoms with Crippen molar-refractivity contribution in [3.05, 3.63) is 77.4 Å². The first-order valence-electron chi connectivity index (χ1n) is 12.1. The van der Waals surface area contributed by atoms with E-state index in [-0.39, 0.29) is 24.8 Å². The van der Waals surface area contributed by atoms with E-state index < -0.39 is 17.4 Å². The molecule has 0 unspecified atom stereocenters. The summed E-state index contributed by atoms with van der Waals surface area (Å²) in [5.41, 5.74) is 2.25. The molecule has 2 aliphatic carbocycles. The molecule has 2 saturated carbocycles. The van der Waals surface area contributed by atoms with Crippen LogP contribution in [0.15, 0.2) is 54.9 Å². The molecule has 3 N–H and O–H groups in total. The Kier molecular flexibility index (Phi) is 6.44. The monoisotopic (exact) mass is 500 g/mol. The van der Waals surface area contributed by atoms with Crippen LogP contribution in [-0.2, 0) is 21.7 Å². The quantitative estimate of drug-likeness (QED) is 0.324. The minimum Gasteiger partial charge on any atom is -0.344 e. The highest BCUT2D eigenvalue weighted by molar-refractivity contribution is 6.35. The highest BCUT2D eigenvalue weighted by Gasteiger charge is 2.46. The summed E-state index contributed by atoms with van der Waals surface area (Å²) in [6.07, 6.45) is 7.12. The molecule has 188 valence electrons. The zero-order valence-electron chi connectivity index (χ0n) is 20.0. The van der Waals surface area contributed by atoms with Crippen molar-refractivity contribution in [3.63, 3.8) is 0 Å². The van der Waals surface area contributed by atoms with Crippen molar-refractivity contribution in [1.82, 2.24) is 25.7 Å². The zero-order valence-corrected chi connectivity index (χ0v) is 20.0. The predicted octanol–water partition coefficient (Wildman–Crippen LogP) is 2.70. The second-order valence-electron chi connectivity index (χ2n) is 9.35. The molecule has 2 aliphatic rings. The van der Waals surface area contributed by atoms with E-state index in [1.807, 2.05) is 10.9 Å². The van der Waals surface area contributed by atoms with Gasteiger partial charge in [0.05, 0.1) is 23.8 Å². The van der Waals surface area contributed by atoms with Crippen molar-refractivity contribution in [3.8, 4) is 17.2 Å². The Morgan fingerprint density at radius 3 is 2.59 bits per heavy atom. The molecule has 3 aromatic rings. The molecule has 0 atom stereocenters. The Labute approximate surface area is 212 Å². The first-order chi connectivity index (χ1) is 17.9. The Bertz CT molecular complexity index is 1420. The van der Waals surface area contributed by atoms with Crippen LogP contribution in [0.5, 0.6) is 0 Å². The van der Waals surface area contributed by atoms with Gasteiger partial charge in [0.25, 0.3) is 5.91 Å². The fourth-order valence-corrected chi connectivity index (χ4v) is 4.31. The average Bonchev–Trinajstić information content (AvgIpc) is 3.85. The maximum absolute atomic E-state index is 14.7. The van der Waals surface area contributed by atoms with Crippen LogP contribution in [0.3, 0.4) is 0 Å². The Balaban J connectivity index is 1.30. The second kappa shape index (κ2) is 9.85. The largest absolute Gasteiger partial charge is 0.344 e. The third-order valence-corrected chi connectivity index (χ3v) is 6.69. The average molecular weight is 501 g/mol. The van der Waals surface area contributed by atoms with Gasteiger partial charge < -0.3 is 16.0 Å². The van der Waals surface area contributed by atoms with E-state index in [2.05, 4.69) is 21.0 Å². The lowest BCUT2D eigenvalue weighted by Gasteiger charge is -2.20. The Morgan fingerprint density at radius 1 is 1.11 bits per heavy atom. The van der Waals surface area contributed by atoms with E-state index in [1.54, 1.807) is 48.7 Å². The van der Waals surface area contributed by atoms with Crippen LogP contribution in [0.4, 0.5) is 4.39 Å². The van der Waals surface area contributed by atoms with Gasteiger partial charge in [0.1, 0.15) is 12.4 Å². The van der Waals surface area contributed by atoms with Crippen LogP contribution < -0.4 is 16.0 Å². The third-order valence-electron chi connectivity index (χ3n) is 6.69. The molecule has 1 aromatic heterocycles. The SMILES string of the molecule is N#CCNC(=O)C(=O)NCc1ccccc1C(=O)NC1(c2ccc(F)c(-c3cnn(C4CC4)c3)c2)CC1. The van der Waals surface area contributed by atoms with Gasteiger partial charge in [-0.05, 0) is 55.0 Å². The molecule has 10 heteroatoms. The van der Waals surface area contributed by atoms with Crippen LogP contribution in [0.25, 0.3) is 11.1 Å². The Morgan fingerprint density at radius 2 is 1.86 bits per heavy atom. The number of hydrogen-bond acceptors (Lipinski definition) is 5. The number of hydrogen-bond donors (Lipinski definition) is 3. The van der Waals surface area contributed by atoms with Gasteiger partial charge in [-0.3, -0.25) is 19.1 Å². The maximum Gasteiger partial charge on any atom is 0.310 e. The van der Waals surface area contributed by atoms with Crippen LogP contribution in [0.1, 0.15) is 53.2 Å². The first-order valence-corrected chi connectivity index (χ1v) is 12.1. The summed E-state index contributed by atoms with van der Waals surface area (Å²) in [7, 11) is 0.